The summed E-state index contributed by atoms with van der Waals surface area (Å²) in [5.41, 5.74) is 4.20. The first-order chi connectivity index (χ1) is 12.3. The number of ether oxygens (including phenoxy) is 2. The largest absolute Gasteiger partial charge is 0.497 e. The average molecular weight is 371 g/mol. The van der Waals surface area contributed by atoms with Crippen LogP contribution in [-0.2, 0) is 0 Å². The van der Waals surface area contributed by atoms with E-state index >= 15 is 0 Å². The monoisotopic (exact) mass is 370 g/mol. The average Bonchev–Trinajstić information content (AvgIpc) is 2.52. The van der Waals surface area contributed by atoms with Crippen molar-refractivity contribution >= 4 is 23.0 Å². The van der Waals surface area contributed by atoms with Crippen LogP contribution in [-0.4, -0.2) is 17.8 Å². The Labute approximate surface area is 160 Å². The number of hydrogen-bond acceptors (Lipinski definition) is 3. The van der Waals surface area contributed by atoms with Gasteiger partial charge in [0.15, 0.2) is 5.11 Å². The summed E-state index contributed by atoms with van der Waals surface area (Å²) in [5.74, 6) is 1.68. The molecule has 1 heterocycles. The molecule has 0 spiro atoms. The van der Waals surface area contributed by atoms with E-state index in [-0.39, 0.29) is 11.6 Å². The van der Waals surface area contributed by atoms with Crippen molar-refractivity contribution in [1.29, 1.82) is 0 Å². The molecule has 138 valence electrons. The minimum Gasteiger partial charge on any atom is -0.497 e. The lowest BCUT2D eigenvalue weighted by atomic mass is 9.89. The van der Waals surface area contributed by atoms with Crippen molar-refractivity contribution in [2.24, 2.45) is 0 Å². The van der Waals surface area contributed by atoms with Crippen LogP contribution in [0.1, 0.15) is 43.0 Å². The van der Waals surface area contributed by atoms with Gasteiger partial charge in [-0.2, -0.15) is 0 Å². The summed E-state index contributed by atoms with van der Waals surface area (Å²) in [4.78, 5) is 0. The first-order valence-electron chi connectivity index (χ1n) is 8.78. The number of benzene rings is 2. The summed E-state index contributed by atoms with van der Waals surface area (Å²) in [7, 11) is 1.67. The number of thiocarbonyl (C=S) groups is 1. The van der Waals surface area contributed by atoms with Gasteiger partial charge in [0.2, 0.25) is 0 Å². The molecule has 1 aliphatic heterocycles. The molecular weight excluding hydrogens is 344 g/mol. The lowest BCUT2D eigenvalue weighted by Crippen LogP contribution is -2.42. The third-order valence-corrected chi connectivity index (χ3v) is 4.68. The van der Waals surface area contributed by atoms with Gasteiger partial charge in [0.25, 0.3) is 0 Å². The summed E-state index contributed by atoms with van der Waals surface area (Å²) < 4.78 is 11.5. The lowest BCUT2D eigenvalue weighted by Gasteiger charge is -2.38. The Bertz CT molecular complexity index is 813. The zero-order valence-corrected chi connectivity index (χ0v) is 16.8. The van der Waals surface area contributed by atoms with Gasteiger partial charge in [-0.05, 0) is 81.4 Å². The van der Waals surface area contributed by atoms with Crippen molar-refractivity contribution in [1.82, 2.24) is 5.32 Å². The van der Waals surface area contributed by atoms with Gasteiger partial charge < -0.3 is 20.1 Å². The highest BCUT2D eigenvalue weighted by atomic mass is 32.1. The van der Waals surface area contributed by atoms with Crippen molar-refractivity contribution in [3.8, 4) is 11.5 Å². The minimum absolute atomic E-state index is 0.0507. The molecule has 0 unspecified atom stereocenters. The third-order valence-electron chi connectivity index (χ3n) is 4.46. The van der Waals surface area contributed by atoms with Crippen LogP contribution >= 0.6 is 12.2 Å². The molecule has 2 aromatic carbocycles. The number of hydrogen-bond donors (Lipinski definition) is 2. The first kappa shape index (κ1) is 18.5. The molecule has 4 nitrogen and oxygen atoms in total. The highest BCUT2D eigenvalue weighted by Gasteiger charge is 2.34. The fraction of sp³-hybridized carbons (Fsp3) is 0.381. The molecule has 0 fully saturated rings. The molecule has 3 rings (SSSR count). The molecular formula is C21H26N2O2S. The van der Waals surface area contributed by atoms with Gasteiger partial charge in [0.1, 0.15) is 17.1 Å². The molecule has 0 amide bonds. The zero-order valence-electron chi connectivity index (χ0n) is 16.0. The van der Waals surface area contributed by atoms with E-state index in [1.807, 2.05) is 18.2 Å². The molecule has 0 aromatic heterocycles. The van der Waals surface area contributed by atoms with E-state index in [4.69, 9.17) is 21.7 Å². The van der Waals surface area contributed by atoms with E-state index in [1.165, 1.54) is 11.1 Å². The van der Waals surface area contributed by atoms with Crippen LogP contribution in [0.3, 0.4) is 0 Å². The standard InChI is InChI=1S/C21H26N2O2S/c1-13-8-14(2)10-15(9-13)22-20(26)23-18-12-21(3,4)25-19-7-6-16(24-5)11-17(18)19/h6-11,18H,12H2,1-5H3,(H2,22,23,26)/t18-/m0/s1. The topological polar surface area (TPSA) is 42.5 Å². The summed E-state index contributed by atoms with van der Waals surface area (Å²) in [6, 6.07) is 12.3. The third kappa shape index (κ3) is 4.28. The van der Waals surface area contributed by atoms with Gasteiger partial charge in [-0.25, -0.2) is 0 Å². The van der Waals surface area contributed by atoms with Gasteiger partial charge in [0.05, 0.1) is 13.2 Å². The second-order valence-corrected chi connectivity index (χ2v) is 7.91. The van der Waals surface area contributed by atoms with Crippen LogP contribution in [0, 0.1) is 13.8 Å². The smallest absolute Gasteiger partial charge is 0.171 e. The van der Waals surface area contributed by atoms with Crippen LogP contribution in [0.25, 0.3) is 0 Å². The second kappa shape index (κ2) is 7.16. The van der Waals surface area contributed by atoms with Gasteiger partial charge >= 0.3 is 0 Å². The van der Waals surface area contributed by atoms with E-state index in [0.29, 0.717) is 5.11 Å². The Balaban J connectivity index is 1.81. The highest BCUT2D eigenvalue weighted by molar-refractivity contribution is 7.80. The first-order valence-corrected chi connectivity index (χ1v) is 9.19. The van der Waals surface area contributed by atoms with Crippen molar-refractivity contribution in [2.45, 2.75) is 45.8 Å². The minimum atomic E-state index is -0.269. The summed E-state index contributed by atoms with van der Waals surface area (Å²) in [6.45, 7) is 8.35. The molecule has 26 heavy (non-hydrogen) atoms. The Morgan fingerprint density at radius 3 is 2.50 bits per heavy atom. The molecule has 2 N–H and O–H groups in total. The fourth-order valence-electron chi connectivity index (χ4n) is 3.46. The van der Waals surface area contributed by atoms with Crippen molar-refractivity contribution in [3.63, 3.8) is 0 Å². The second-order valence-electron chi connectivity index (χ2n) is 7.50. The van der Waals surface area contributed by atoms with Crippen LogP contribution < -0.4 is 20.1 Å². The van der Waals surface area contributed by atoms with Crippen LogP contribution in [0.5, 0.6) is 11.5 Å². The van der Waals surface area contributed by atoms with Crippen molar-refractivity contribution in [2.75, 3.05) is 12.4 Å². The maximum absolute atomic E-state index is 6.12. The van der Waals surface area contributed by atoms with E-state index in [2.05, 4.69) is 56.5 Å². The Morgan fingerprint density at radius 1 is 1.15 bits per heavy atom. The Morgan fingerprint density at radius 2 is 1.85 bits per heavy atom. The maximum atomic E-state index is 6.12. The zero-order chi connectivity index (χ0) is 18.9. The van der Waals surface area contributed by atoms with Crippen LogP contribution in [0.15, 0.2) is 36.4 Å². The molecule has 0 radical (unpaired) electrons. The lowest BCUT2D eigenvalue weighted by molar-refractivity contribution is 0.0695. The predicted molar refractivity (Wildman–Crippen MR) is 110 cm³/mol. The number of anilines is 1. The number of nitrogens with one attached hydrogen (secondary N) is 2. The molecule has 0 aliphatic carbocycles. The van der Waals surface area contributed by atoms with E-state index in [0.717, 1.165) is 29.2 Å². The SMILES string of the molecule is COc1ccc2c(c1)[C@@H](NC(=S)Nc1cc(C)cc(C)c1)CC(C)(C)O2. The molecule has 5 heteroatoms. The molecule has 0 bridgehead atoms. The van der Waals surface area contributed by atoms with Crippen LogP contribution in [0.4, 0.5) is 5.69 Å². The van der Waals surface area contributed by atoms with E-state index in [1.54, 1.807) is 7.11 Å². The molecule has 0 saturated carbocycles. The highest BCUT2D eigenvalue weighted by Crippen LogP contribution is 2.41. The number of fused-ring (bicyclic) bond motifs is 1. The normalized spacial score (nSPS) is 17.7. The van der Waals surface area contributed by atoms with Crippen molar-refractivity contribution < 1.29 is 9.47 Å². The quantitative estimate of drug-likeness (QED) is 0.752. The molecule has 2 aromatic rings. The summed E-state index contributed by atoms with van der Waals surface area (Å²) in [6.07, 6.45) is 0.807. The number of rotatable bonds is 3. The molecule has 1 atom stereocenters. The molecule has 0 saturated heterocycles. The fourth-order valence-corrected chi connectivity index (χ4v) is 3.72. The van der Waals surface area contributed by atoms with Crippen LogP contribution in [0.2, 0.25) is 0 Å². The van der Waals surface area contributed by atoms with Gasteiger partial charge in [-0.15, -0.1) is 0 Å². The summed E-state index contributed by atoms with van der Waals surface area (Å²) >= 11 is 5.57. The summed E-state index contributed by atoms with van der Waals surface area (Å²) in [5, 5.41) is 7.36. The van der Waals surface area contributed by atoms with E-state index < -0.39 is 0 Å². The number of methoxy groups -OCH3 is 1. The van der Waals surface area contributed by atoms with Gasteiger partial charge in [-0.1, -0.05) is 6.07 Å². The van der Waals surface area contributed by atoms with Gasteiger partial charge in [0, 0.05) is 17.7 Å². The predicted octanol–water partition coefficient (Wildman–Crippen LogP) is 4.90. The Kier molecular flexibility index (Phi) is 5.10. The number of aryl methyl sites for hydroxylation is 2. The Hall–Kier alpha value is -2.27. The molecule has 1 aliphatic rings. The van der Waals surface area contributed by atoms with E-state index in [9.17, 15) is 0 Å². The maximum Gasteiger partial charge on any atom is 0.171 e. The van der Waals surface area contributed by atoms with Crippen molar-refractivity contribution in [3.05, 3.63) is 53.1 Å². The van der Waals surface area contributed by atoms with Gasteiger partial charge in [-0.3, -0.25) is 0 Å².